The van der Waals surface area contributed by atoms with Gasteiger partial charge in [0.1, 0.15) is 0 Å². The van der Waals surface area contributed by atoms with Crippen LogP contribution in [0.3, 0.4) is 0 Å². The molecule has 0 atom stereocenters. The largest absolute Gasteiger partial charge is 0.314 e. The highest BCUT2D eigenvalue weighted by molar-refractivity contribution is 5.85. The molecule has 0 aromatic carbocycles. The molecule has 1 saturated heterocycles. The van der Waals surface area contributed by atoms with Gasteiger partial charge in [0.2, 0.25) is 0 Å². The Morgan fingerprint density at radius 3 is 2.12 bits per heavy atom. The van der Waals surface area contributed by atoms with E-state index < -0.39 is 0 Å². The average Bonchev–Trinajstić information content (AvgIpc) is 2.98. The van der Waals surface area contributed by atoms with Crippen molar-refractivity contribution in [3.05, 3.63) is 0 Å². The number of nitrogens with one attached hydrogen (secondary N) is 1. The maximum Gasteiger partial charge on any atom is 0.00915 e. The van der Waals surface area contributed by atoms with E-state index in [0.29, 0.717) is 5.41 Å². The molecule has 0 radical (unpaired) electrons. The Bertz CT molecular complexity index is 213. The van der Waals surface area contributed by atoms with Gasteiger partial charge in [-0.2, -0.15) is 0 Å². The summed E-state index contributed by atoms with van der Waals surface area (Å²) >= 11 is 0. The molecule has 2 nitrogen and oxygen atoms in total. The summed E-state index contributed by atoms with van der Waals surface area (Å²) in [5.74, 6) is 1.02. The van der Waals surface area contributed by atoms with Gasteiger partial charge >= 0.3 is 0 Å². The molecule has 0 aromatic heterocycles. The molecule has 102 valence electrons. The predicted octanol–water partition coefficient (Wildman–Crippen LogP) is 2.92. The summed E-state index contributed by atoms with van der Waals surface area (Å²) in [5, 5.41) is 3.74. The van der Waals surface area contributed by atoms with Crippen molar-refractivity contribution in [3.63, 3.8) is 0 Å². The minimum absolute atomic E-state index is 0. The Labute approximate surface area is 113 Å². The van der Waals surface area contributed by atoms with E-state index in [9.17, 15) is 0 Å². The first-order valence-corrected chi connectivity index (χ1v) is 6.99. The van der Waals surface area contributed by atoms with Crippen LogP contribution in [0.25, 0.3) is 0 Å². The van der Waals surface area contributed by atoms with Gasteiger partial charge in [0.15, 0.2) is 0 Å². The smallest absolute Gasteiger partial charge is 0.00915 e. The molecule has 0 amide bonds. The molecule has 0 unspecified atom stereocenters. The fraction of sp³-hybridized carbons (Fsp3) is 1.00. The molecule has 17 heavy (non-hydrogen) atoms. The van der Waals surface area contributed by atoms with Gasteiger partial charge < -0.3 is 10.2 Å². The molecule has 2 rings (SSSR count). The molecule has 1 aliphatic carbocycles. The van der Waals surface area contributed by atoms with Gasteiger partial charge in [-0.15, -0.1) is 12.4 Å². The van der Waals surface area contributed by atoms with E-state index in [-0.39, 0.29) is 12.4 Å². The van der Waals surface area contributed by atoms with Crippen LogP contribution in [-0.4, -0.2) is 37.1 Å². The van der Waals surface area contributed by atoms with Crippen molar-refractivity contribution in [2.75, 3.05) is 26.2 Å². The molecule has 1 N–H and O–H groups in total. The Morgan fingerprint density at radius 2 is 1.65 bits per heavy atom. The lowest BCUT2D eigenvalue weighted by Gasteiger charge is -2.36. The van der Waals surface area contributed by atoms with Crippen LogP contribution >= 0.6 is 12.4 Å². The summed E-state index contributed by atoms with van der Waals surface area (Å²) in [5.41, 5.74) is 0.453. The molecule has 0 spiro atoms. The molecule has 2 aliphatic rings. The molecule has 1 saturated carbocycles. The van der Waals surface area contributed by atoms with Crippen molar-refractivity contribution in [1.82, 2.24) is 10.2 Å². The van der Waals surface area contributed by atoms with Gasteiger partial charge in [-0.3, -0.25) is 0 Å². The second-order valence-electron chi connectivity index (χ2n) is 6.96. The monoisotopic (exact) mass is 260 g/mol. The minimum Gasteiger partial charge on any atom is -0.314 e. The Balaban J connectivity index is 0.00000144. The summed E-state index contributed by atoms with van der Waals surface area (Å²) in [6, 6.07) is 0.803. The van der Waals surface area contributed by atoms with Crippen molar-refractivity contribution in [1.29, 1.82) is 0 Å². The number of likely N-dealkylation sites (tertiary alicyclic amines) is 1. The van der Waals surface area contributed by atoms with Gasteiger partial charge in [-0.1, -0.05) is 20.8 Å². The fourth-order valence-corrected chi connectivity index (χ4v) is 2.62. The third kappa shape index (κ3) is 6.08. The summed E-state index contributed by atoms with van der Waals surface area (Å²) in [6.07, 6.45) is 5.64. The number of hydrogen-bond donors (Lipinski definition) is 1. The third-order valence-electron chi connectivity index (χ3n) is 3.68. The van der Waals surface area contributed by atoms with Crippen LogP contribution in [0.1, 0.15) is 46.5 Å². The van der Waals surface area contributed by atoms with E-state index in [0.717, 1.165) is 12.0 Å². The van der Waals surface area contributed by atoms with E-state index in [1.807, 2.05) is 0 Å². The van der Waals surface area contributed by atoms with E-state index in [1.54, 1.807) is 0 Å². The van der Waals surface area contributed by atoms with Crippen molar-refractivity contribution < 1.29 is 0 Å². The van der Waals surface area contributed by atoms with Crippen LogP contribution in [0.2, 0.25) is 0 Å². The summed E-state index contributed by atoms with van der Waals surface area (Å²) in [4.78, 5) is 2.63. The summed E-state index contributed by atoms with van der Waals surface area (Å²) in [6.45, 7) is 12.1. The number of nitrogens with zero attached hydrogens (tertiary/aromatic N) is 1. The van der Waals surface area contributed by atoms with Crippen LogP contribution in [0.4, 0.5) is 0 Å². The lowest BCUT2D eigenvalue weighted by Crippen LogP contribution is -2.45. The van der Waals surface area contributed by atoms with E-state index in [2.05, 4.69) is 31.0 Å². The second kappa shape index (κ2) is 6.40. The normalized spacial score (nSPS) is 23.5. The molecule has 2 fully saturated rings. The van der Waals surface area contributed by atoms with E-state index in [1.165, 1.54) is 51.9 Å². The molecular formula is C14H29ClN2. The zero-order chi connectivity index (χ0) is 11.6. The van der Waals surface area contributed by atoms with Crippen LogP contribution in [0.5, 0.6) is 0 Å². The highest BCUT2D eigenvalue weighted by Gasteiger charge is 2.25. The number of hydrogen-bond acceptors (Lipinski definition) is 2. The van der Waals surface area contributed by atoms with Crippen LogP contribution in [0.15, 0.2) is 0 Å². The van der Waals surface area contributed by atoms with E-state index >= 15 is 0 Å². The lowest BCUT2D eigenvalue weighted by molar-refractivity contribution is 0.146. The van der Waals surface area contributed by atoms with Crippen molar-refractivity contribution in [2.24, 2.45) is 11.3 Å². The topological polar surface area (TPSA) is 15.3 Å². The van der Waals surface area contributed by atoms with E-state index in [4.69, 9.17) is 0 Å². The van der Waals surface area contributed by atoms with Gasteiger partial charge in [-0.25, -0.2) is 0 Å². The zero-order valence-corrected chi connectivity index (χ0v) is 12.5. The molecule has 0 aromatic rings. The Hall–Kier alpha value is 0.210. The Morgan fingerprint density at radius 1 is 1.06 bits per heavy atom. The maximum atomic E-state index is 3.74. The SMILES string of the molecule is CC(C)(C)CN1CCC(NCC2CC2)CC1.Cl. The second-order valence-corrected chi connectivity index (χ2v) is 6.96. The minimum atomic E-state index is 0. The van der Waals surface area contributed by atoms with Crippen molar-refractivity contribution in [3.8, 4) is 0 Å². The quantitative estimate of drug-likeness (QED) is 0.836. The van der Waals surface area contributed by atoms with Crippen LogP contribution < -0.4 is 5.32 Å². The van der Waals surface area contributed by atoms with Crippen molar-refractivity contribution in [2.45, 2.75) is 52.5 Å². The van der Waals surface area contributed by atoms with Gasteiger partial charge in [-0.05, 0) is 56.7 Å². The standard InChI is InChI=1S/C14H28N2.ClH/c1-14(2,3)11-16-8-6-13(7-9-16)15-10-12-4-5-12;/h12-13,15H,4-11H2,1-3H3;1H. The van der Waals surface area contributed by atoms with Crippen LogP contribution in [0, 0.1) is 11.3 Å². The van der Waals surface area contributed by atoms with Gasteiger partial charge in [0.25, 0.3) is 0 Å². The Kier molecular flexibility index (Phi) is 5.75. The van der Waals surface area contributed by atoms with Gasteiger partial charge in [0, 0.05) is 12.6 Å². The lowest BCUT2D eigenvalue weighted by atomic mass is 9.94. The number of rotatable bonds is 4. The summed E-state index contributed by atoms with van der Waals surface area (Å²) < 4.78 is 0. The average molecular weight is 261 g/mol. The third-order valence-corrected chi connectivity index (χ3v) is 3.68. The highest BCUT2D eigenvalue weighted by atomic mass is 35.5. The zero-order valence-electron chi connectivity index (χ0n) is 11.7. The molecule has 3 heteroatoms. The fourth-order valence-electron chi connectivity index (χ4n) is 2.62. The number of piperidine rings is 1. The first-order chi connectivity index (χ1) is 7.53. The molecular weight excluding hydrogens is 232 g/mol. The number of halogens is 1. The van der Waals surface area contributed by atoms with Crippen LogP contribution in [-0.2, 0) is 0 Å². The molecule has 0 bridgehead atoms. The molecule has 1 heterocycles. The maximum absolute atomic E-state index is 3.74. The first kappa shape index (κ1) is 15.3. The molecule has 1 aliphatic heterocycles. The first-order valence-electron chi connectivity index (χ1n) is 6.99. The van der Waals surface area contributed by atoms with Gasteiger partial charge in [0.05, 0.1) is 0 Å². The highest BCUT2D eigenvalue weighted by Crippen LogP contribution is 2.28. The summed E-state index contributed by atoms with van der Waals surface area (Å²) in [7, 11) is 0. The van der Waals surface area contributed by atoms with Crippen molar-refractivity contribution >= 4 is 12.4 Å². The predicted molar refractivity (Wildman–Crippen MR) is 76.9 cm³/mol.